The van der Waals surface area contributed by atoms with Crippen LogP contribution in [0.5, 0.6) is 0 Å². The lowest BCUT2D eigenvalue weighted by Crippen LogP contribution is -2.35. The molecule has 0 amide bonds. The topological polar surface area (TPSA) is 12.0 Å². The lowest BCUT2D eigenvalue weighted by atomic mass is 9.79. The zero-order valence-electron chi connectivity index (χ0n) is 11.8. The highest BCUT2D eigenvalue weighted by molar-refractivity contribution is 6.31. The van der Waals surface area contributed by atoms with E-state index in [1.807, 2.05) is 0 Å². The van der Waals surface area contributed by atoms with E-state index < -0.39 is 0 Å². The van der Waals surface area contributed by atoms with Gasteiger partial charge in [0.2, 0.25) is 0 Å². The Morgan fingerprint density at radius 1 is 1.26 bits per heavy atom. The molecule has 1 N–H and O–H groups in total. The Balaban J connectivity index is 1.72. The highest BCUT2D eigenvalue weighted by Crippen LogP contribution is 2.42. The minimum atomic E-state index is 0.460. The molecule has 2 heteroatoms. The van der Waals surface area contributed by atoms with Crippen molar-refractivity contribution in [3.63, 3.8) is 0 Å². The van der Waals surface area contributed by atoms with Crippen LogP contribution in [-0.2, 0) is 6.42 Å². The van der Waals surface area contributed by atoms with Crippen molar-refractivity contribution in [2.75, 3.05) is 6.54 Å². The summed E-state index contributed by atoms with van der Waals surface area (Å²) in [6.07, 6.45) is 9.38. The van der Waals surface area contributed by atoms with Crippen LogP contribution in [0.2, 0.25) is 5.02 Å². The molecule has 1 aromatic carbocycles. The van der Waals surface area contributed by atoms with Gasteiger partial charge in [-0.05, 0) is 61.6 Å². The largest absolute Gasteiger partial charge is 0.313 e. The molecule has 1 nitrogen and oxygen atoms in total. The fraction of sp³-hybridized carbons (Fsp3) is 0.647. The summed E-state index contributed by atoms with van der Waals surface area (Å²) in [4.78, 5) is 0. The van der Waals surface area contributed by atoms with E-state index in [0.29, 0.717) is 5.41 Å². The number of halogens is 1. The van der Waals surface area contributed by atoms with Crippen molar-refractivity contribution in [3.05, 3.63) is 34.3 Å². The fourth-order valence-electron chi connectivity index (χ4n) is 3.39. The van der Waals surface area contributed by atoms with E-state index in [4.69, 9.17) is 11.6 Å². The molecular weight excluding hydrogens is 254 g/mol. The number of hydrogen-bond donors (Lipinski definition) is 1. The van der Waals surface area contributed by atoms with Gasteiger partial charge < -0.3 is 5.32 Å². The van der Waals surface area contributed by atoms with E-state index in [1.54, 1.807) is 0 Å². The fourth-order valence-corrected chi connectivity index (χ4v) is 3.69. The Morgan fingerprint density at radius 3 is 2.63 bits per heavy atom. The quantitative estimate of drug-likeness (QED) is 0.835. The van der Waals surface area contributed by atoms with E-state index in [-0.39, 0.29) is 0 Å². The summed E-state index contributed by atoms with van der Waals surface area (Å²) in [5.41, 5.74) is 3.05. The van der Waals surface area contributed by atoms with E-state index in [9.17, 15) is 0 Å². The van der Waals surface area contributed by atoms with Crippen LogP contribution in [0.4, 0.5) is 0 Å². The third kappa shape index (κ3) is 3.32. The van der Waals surface area contributed by atoms with Crippen LogP contribution in [0.25, 0.3) is 0 Å². The zero-order chi connectivity index (χ0) is 13.3. The van der Waals surface area contributed by atoms with E-state index >= 15 is 0 Å². The molecule has 2 aliphatic carbocycles. The molecule has 0 heterocycles. The predicted octanol–water partition coefficient (Wildman–Crippen LogP) is 4.50. The second kappa shape index (κ2) is 5.46. The standard InChI is InChI=1S/C17H24ClN/c1-13-4-5-14(16(18)10-13)11-17(8-2-3-9-17)12-19-15-6-7-15/h4-5,10,15,19H,2-3,6-9,11-12H2,1H3. The zero-order valence-corrected chi connectivity index (χ0v) is 12.6. The van der Waals surface area contributed by atoms with Crippen LogP contribution in [0.3, 0.4) is 0 Å². The van der Waals surface area contributed by atoms with Gasteiger partial charge in [0.05, 0.1) is 0 Å². The molecular formula is C17H24ClN. The van der Waals surface area contributed by atoms with E-state index in [2.05, 4.69) is 30.4 Å². The second-order valence-electron chi connectivity index (χ2n) is 6.63. The molecule has 0 bridgehead atoms. The Morgan fingerprint density at radius 2 is 2.00 bits per heavy atom. The summed E-state index contributed by atoms with van der Waals surface area (Å²) < 4.78 is 0. The molecule has 0 atom stereocenters. The van der Waals surface area contributed by atoms with Crippen molar-refractivity contribution in [2.45, 2.75) is 57.9 Å². The van der Waals surface area contributed by atoms with E-state index in [1.165, 1.54) is 56.2 Å². The smallest absolute Gasteiger partial charge is 0.0440 e. The Labute approximate surface area is 121 Å². The third-order valence-corrected chi connectivity index (χ3v) is 5.13. The molecule has 1 aromatic rings. The highest BCUT2D eigenvalue weighted by Gasteiger charge is 2.35. The summed E-state index contributed by atoms with van der Waals surface area (Å²) in [6.45, 7) is 3.29. The molecule has 0 saturated heterocycles. The van der Waals surface area contributed by atoms with Gasteiger partial charge in [0.15, 0.2) is 0 Å². The molecule has 104 valence electrons. The maximum atomic E-state index is 6.42. The number of aryl methyl sites for hydroxylation is 1. The molecule has 3 rings (SSSR count). The maximum Gasteiger partial charge on any atom is 0.0440 e. The minimum Gasteiger partial charge on any atom is -0.313 e. The van der Waals surface area contributed by atoms with Gasteiger partial charge in [0.1, 0.15) is 0 Å². The highest BCUT2D eigenvalue weighted by atomic mass is 35.5. The summed E-state index contributed by atoms with van der Waals surface area (Å²) in [5.74, 6) is 0. The van der Waals surface area contributed by atoms with Crippen molar-refractivity contribution in [2.24, 2.45) is 5.41 Å². The molecule has 0 aliphatic heterocycles. The first kappa shape index (κ1) is 13.5. The minimum absolute atomic E-state index is 0.460. The molecule has 2 fully saturated rings. The van der Waals surface area contributed by atoms with Crippen LogP contribution in [-0.4, -0.2) is 12.6 Å². The summed E-state index contributed by atoms with van der Waals surface area (Å²) in [6, 6.07) is 7.34. The monoisotopic (exact) mass is 277 g/mol. The lowest BCUT2D eigenvalue weighted by Gasteiger charge is -2.30. The second-order valence-corrected chi connectivity index (χ2v) is 7.04. The van der Waals surface area contributed by atoms with Crippen molar-refractivity contribution in [1.82, 2.24) is 5.32 Å². The average molecular weight is 278 g/mol. The number of nitrogens with one attached hydrogen (secondary N) is 1. The molecule has 0 unspecified atom stereocenters. The predicted molar refractivity (Wildman–Crippen MR) is 81.8 cm³/mol. The van der Waals surface area contributed by atoms with Crippen LogP contribution in [0.15, 0.2) is 18.2 Å². The average Bonchev–Trinajstić information content (AvgIpc) is 3.11. The van der Waals surface area contributed by atoms with Crippen molar-refractivity contribution in [3.8, 4) is 0 Å². The van der Waals surface area contributed by atoms with E-state index in [0.717, 1.165) is 17.5 Å². The van der Waals surface area contributed by atoms with Gasteiger partial charge >= 0.3 is 0 Å². The molecule has 2 aliphatic rings. The van der Waals surface area contributed by atoms with Crippen LogP contribution < -0.4 is 5.32 Å². The van der Waals surface area contributed by atoms with Gasteiger partial charge in [-0.15, -0.1) is 0 Å². The lowest BCUT2D eigenvalue weighted by molar-refractivity contribution is 0.276. The molecule has 0 aromatic heterocycles. The Kier molecular flexibility index (Phi) is 3.86. The normalized spacial score (nSPS) is 21.8. The van der Waals surface area contributed by atoms with Crippen molar-refractivity contribution >= 4 is 11.6 Å². The van der Waals surface area contributed by atoms with Gasteiger partial charge in [0.25, 0.3) is 0 Å². The van der Waals surface area contributed by atoms with Gasteiger partial charge in [-0.2, -0.15) is 0 Å². The van der Waals surface area contributed by atoms with Crippen LogP contribution >= 0.6 is 11.6 Å². The first-order valence-electron chi connectivity index (χ1n) is 7.65. The van der Waals surface area contributed by atoms with Gasteiger partial charge in [-0.25, -0.2) is 0 Å². The van der Waals surface area contributed by atoms with Gasteiger partial charge in [-0.3, -0.25) is 0 Å². The molecule has 2 saturated carbocycles. The number of hydrogen-bond acceptors (Lipinski definition) is 1. The summed E-state index contributed by atoms with van der Waals surface area (Å²) in [7, 11) is 0. The first-order chi connectivity index (χ1) is 9.17. The van der Waals surface area contributed by atoms with Crippen LogP contribution in [0, 0.1) is 12.3 Å². The first-order valence-corrected chi connectivity index (χ1v) is 8.03. The van der Waals surface area contributed by atoms with Crippen LogP contribution in [0.1, 0.15) is 49.7 Å². The summed E-state index contributed by atoms with van der Waals surface area (Å²) >= 11 is 6.42. The number of benzene rings is 1. The Hall–Kier alpha value is -0.530. The third-order valence-electron chi connectivity index (χ3n) is 4.78. The SMILES string of the molecule is Cc1ccc(CC2(CNC3CC3)CCCC2)c(Cl)c1. The van der Waals surface area contributed by atoms with Crippen molar-refractivity contribution < 1.29 is 0 Å². The number of rotatable bonds is 5. The Bertz CT molecular complexity index is 445. The van der Waals surface area contributed by atoms with Gasteiger partial charge in [0, 0.05) is 17.6 Å². The van der Waals surface area contributed by atoms with Gasteiger partial charge in [-0.1, -0.05) is 36.6 Å². The van der Waals surface area contributed by atoms with Crippen molar-refractivity contribution in [1.29, 1.82) is 0 Å². The molecule has 0 spiro atoms. The summed E-state index contributed by atoms with van der Waals surface area (Å²) in [5, 5.41) is 4.70. The molecule has 0 radical (unpaired) electrons. The maximum absolute atomic E-state index is 6.42. The molecule has 19 heavy (non-hydrogen) atoms.